The van der Waals surface area contributed by atoms with E-state index in [0.717, 1.165) is 18.5 Å². The Balaban J connectivity index is 1.68. The lowest BCUT2D eigenvalue weighted by Gasteiger charge is -2.39. The number of rotatable bonds is 5. The summed E-state index contributed by atoms with van der Waals surface area (Å²) in [7, 11) is 0. The lowest BCUT2D eigenvalue weighted by molar-refractivity contribution is 0.235. The lowest BCUT2D eigenvalue weighted by atomic mass is 9.76. The Morgan fingerprint density at radius 3 is 2.30 bits per heavy atom. The van der Waals surface area contributed by atoms with Crippen LogP contribution in [0, 0.1) is 0 Å². The maximum absolute atomic E-state index is 9.61. The summed E-state index contributed by atoms with van der Waals surface area (Å²) in [5.74, 6) is -0.104. The van der Waals surface area contributed by atoms with Gasteiger partial charge in [-0.2, -0.15) is 0 Å². The SMILES string of the molecule is Oc1ccc(CCNC2(c3ccccc3)CCCCC2)cc1O. The zero-order valence-electron chi connectivity index (χ0n) is 13.5. The summed E-state index contributed by atoms with van der Waals surface area (Å²) in [4.78, 5) is 0. The van der Waals surface area contributed by atoms with Crippen molar-refractivity contribution >= 4 is 0 Å². The van der Waals surface area contributed by atoms with Crippen LogP contribution in [0.5, 0.6) is 11.5 Å². The fourth-order valence-electron chi connectivity index (χ4n) is 3.65. The summed E-state index contributed by atoms with van der Waals surface area (Å²) >= 11 is 0. The van der Waals surface area contributed by atoms with Crippen LogP contribution >= 0.6 is 0 Å². The van der Waals surface area contributed by atoms with E-state index in [0.29, 0.717) is 0 Å². The molecule has 23 heavy (non-hydrogen) atoms. The fraction of sp³-hybridized carbons (Fsp3) is 0.400. The van der Waals surface area contributed by atoms with Gasteiger partial charge in [-0.3, -0.25) is 0 Å². The van der Waals surface area contributed by atoms with Gasteiger partial charge in [0, 0.05) is 5.54 Å². The maximum atomic E-state index is 9.61. The van der Waals surface area contributed by atoms with Crippen molar-refractivity contribution in [3.05, 3.63) is 59.7 Å². The van der Waals surface area contributed by atoms with Gasteiger partial charge in [0.15, 0.2) is 11.5 Å². The highest BCUT2D eigenvalue weighted by Gasteiger charge is 2.32. The molecule has 3 N–H and O–H groups in total. The van der Waals surface area contributed by atoms with E-state index in [1.54, 1.807) is 12.1 Å². The number of phenols is 2. The molecule has 0 bridgehead atoms. The van der Waals surface area contributed by atoms with Crippen LogP contribution in [-0.2, 0) is 12.0 Å². The van der Waals surface area contributed by atoms with E-state index < -0.39 is 0 Å². The molecule has 2 aromatic carbocycles. The molecule has 1 aliphatic carbocycles. The van der Waals surface area contributed by atoms with E-state index in [1.165, 1.54) is 37.7 Å². The van der Waals surface area contributed by atoms with Crippen LogP contribution in [0.3, 0.4) is 0 Å². The van der Waals surface area contributed by atoms with E-state index in [9.17, 15) is 10.2 Å². The smallest absolute Gasteiger partial charge is 0.157 e. The van der Waals surface area contributed by atoms with E-state index in [4.69, 9.17) is 0 Å². The van der Waals surface area contributed by atoms with Crippen LogP contribution in [0.1, 0.15) is 43.2 Å². The van der Waals surface area contributed by atoms with Crippen molar-refractivity contribution in [2.45, 2.75) is 44.1 Å². The molecule has 1 aliphatic rings. The summed E-state index contributed by atoms with van der Waals surface area (Å²) in [6.07, 6.45) is 7.05. The van der Waals surface area contributed by atoms with Gasteiger partial charge < -0.3 is 15.5 Å². The van der Waals surface area contributed by atoms with Gasteiger partial charge in [-0.15, -0.1) is 0 Å². The molecule has 0 amide bonds. The molecule has 0 spiro atoms. The first kappa shape index (κ1) is 15.9. The third kappa shape index (κ3) is 3.67. The molecule has 0 saturated heterocycles. The molecule has 0 atom stereocenters. The van der Waals surface area contributed by atoms with Gasteiger partial charge in [0.2, 0.25) is 0 Å². The summed E-state index contributed by atoms with van der Waals surface area (Å²) in [5.41, 5.74) is 2.50. The highest BCUT2D eigenvalue weighted by Crippen LogP contribution is 2.37. The topological polar surface area (TPSA) is 52.5 Å². The van der Waals surface area contributed by atoms with Crippen molar-refractivity contribution in [3.63, 3.8) is 0 Å². The summed E-state index contributed by atoms with van der Waals surface area (Å²) in [6, 6.07) is 15.8. The number of benzene rings is 2. The van der Waals surface area contributed by atoms with Crippen molar-refractivity contribution in [1.29, 1.82) is 0 Å². The Labute approximate surface area is 138 Å². The first-order valence-corrected chi connectivity index (χ1v) is 8.51. The molecule has 1 fully saturated rings. The average molecular weight is 311 g/mol. The second-order valence-electron chi connectivity index (χ2n) is 6.51. The standard InChI is InChI=1S/C20H25NO2/c22-18-10-9-16(15-19(18)23)11-14-21-20(12-5-2-6-13-20)17-7-3-1-4-8-17/h1,3-4,7-10,15,21-23H,2,5-6,11-14H2. The zero-order valence-corrected chi connectivity index (χ0v) is 13.5. The first-order chi connectivity index (χ1) is 11.2. The van der Waals surface area contributed by atoms with Crippen molar-refractivity contribution in [3.8, 4) is 11.5 Å². The van der Waals surface area contributed by atoms with Gasteiger partial charge in [0.25, 0.3) is 0 Å². The zero-order chi connectivity index (χ0) is 16.1. The molecule has 2 aromatic rings. The Morgan fingerprint density at radius 2 is 1.61 bits per heavy atom. The van der Waals surface area contributed by atoms with Crippen molar-refractivity contribution in [1.82, 2.24) is 5.32 Å². The molecule has 1 saturated carbocycles. The number of aromatic hydroxyl groups is 2. The van der Waals surface area contributed by atoms with Gasteiger partial charge >= 0.3 is 0 Å². The van der Waals surface area contributed by atoms with Gasteiger partial charge in [-0.05, 0) is 49.1 Å². The molecule has 0 radical (unpaired) electrons. The van der Waals surface area contributed by atoms with Crippen LogP contribution in [0.15, 0.2) is 48.5 Å². The lowest BCUT2D eigenvalue weighted by Crippen LogP contribution is -2.44. The van der Waals surface area contributed by atoms with E-state index >= 15 is 0 Å². The minimum atomic E-state index is -0.0604. The molecular weight excluding hydrogens is 286 g/mol. The van der Waals surface area contributed by atoms with Gasteiger partial charge in [0.05, 0.1) is 0 Å². The molecule has 0 heterocycles. The molecule has 3 rings (SSSR count). The predicted octanol–water partition coefficient (Wildman–Crippen LogP) is 4.09. The molecule has 0 aliphatic heterocycles. The summed E-state index contributed by atoms with van der Waals surface area (Å²) in [5, 5.41) is 22.8. The van der Waals surface area contributed by atoms with Crippen molar-refractivity contribution < 1.29 is 10.2 Å². The highest BCUT2D eigenvalue weighted by atomic mass is 16.3. The van der Waals surface area contributed by atoms with Gasteiger partial charge in [-0.1, -0.05) is 55.7 Å². The minimum Gasteiger partial charge on any atom is -0.504 e. The average Bonchev–Trinajstić information content (AvgIpc) is 2.60. The normalized spacial score (nSPS) is 17.0. The highest BCUT2D eigenvalue weighted by molar-refractivity contribution is 5.40. The molecular formula is C20H25NO2. The molecule has 0 unspecified atom stereocenters. The number of hydrogen-bond acceptors (Lipinski definition) is 3. The molecule has 0 aromatic heterocycles. The first-order valence-electron chi connectivity index (χ1n) is 8.51. The summed E-state index contributed by atoms with van der Waals surface area (Å²) < 4.78 is 0. The molecule has 3 heteroatoms. The summed E-state index contributed by atoms with van der Waals surface area (Å²) in [6.45, 7) is 0.860. The third-order valence-electron chi connectivity index (χ3n) is 4.95. The quantitative estimate of drug-likeness (QED) is 0.729. The number of phenolic OH excluding ortho intramolecular Hbond substituents is 2. The van der Waals surface area contributed by atoms with Crippen LogP contribution in [0.25, 0.3) is 0 Å². The predicted molar refractivity (Wildman–Crippen MR) is 92.7 cm³/mol. The van der Waals surface area contributed by atoms with Gasteiger partial charge in [0.1, 0.15) is 0 Å². The molecule has 122 valence electrons. The fourth-order valence-corrected chi connectivity index (χ4v) is 3.65. The second-order valence-corrected chi connectivity index (χ2v) is 6.51. The number of hydrogen-bond donors (Lipinski definition) is 3. The van der Waals surface area contributed by atoms with E-state index in [1.807, 2.05) is 6.07 Å². The van der Waals surface area contributed by atoms with E-state index in [-0.39, 0.29) is 17.0 Å². The van der Waals surface area contributed by atoms with Crippen LogP contribution in [-0.4, -0.2) is 16.8 Å². The third-order valence-corrected chi connectivity index (χ3v) is 4.95. The van der Waals surface area contributed by atoms with E-state index in [2.05, 4.69) is 35.6 Å². The Hall–Kier alpha value is -2.00. The monoisotopic (exact) mass is 311 g/mol. The largest absolute Gasteiger partial charge is 0.504 e. The Bertz CT molecular complexity index is 633. The van der Waals surface area contributed by atoms with Crippen molar-refractivity contribution in [2.75, 3.05) is 6.54 Å². The Morgan fingerprint density at radius 1 is 0.870 bits per heavy atom. The van der Waals surface area contributed by atoms with Gasteiger partial charge in [-0.25, -0.2) is 0 Å². The van der Waals surface area contributed by atoms with Crippen LogP contribution < -0.4 is 5.32 Å². The maximum Gasteiger partial charge on any atom is 0.157 e. The Kier molecular flexibility index (Phi) is 4.87. The molecule has 3 nitrogen and oxygen atoms in total. The minimum absolute atomic E-state index is 0.0436. The van der Waals surface area contributed by atoms with Crippen LogP contribution in [0.2, 0.25) is 0 Å². The van der Waals surface area contributed by atoms with Crippen LogP contribution in [0.4, 0.5) is 0 Å². The number of nitrogens with one attached hydrogen (secondary N) is 1. The van der Waals surface area contributed by atoms with Crippen molar-refractivity contribution in [2.24, 2.45) is 0 Å². The second kappa shape index (κ2) is 7.05.